The molecule has 0 radical (unpaired) electrons. The molecule has 1 unspecified atom stereocenters. The zero-order chi connectivity index (χ0) is 14.5. The van der Waals surface area contributed by atoms with Gasteiger partial charge in [-0.05, 0) is 44.4 Å². The first-order valence-corrected chi connectivity index (χ1v) is 7.58. The van der Waals surface area contributed by atoms with Crippen LogP contribution in [-0.2, 0) is 0 Å². The Morgan fingerprint density at radius 1 is 1.45 bits per heavy atom. The van der Waals surface area contributed by atoms with Crippen molar-refractivity contribution in [2.24, 2.45) is 0 Å². The summed E-state index contributed by atoms with van der Waals surface area (Å²) in [6.45, 7) is 5.66. The summed E-state index contributed by atoms with van der Waals surface area (Å²) in [7, 11) is 0. The van der Waals surface area contributed by atoms with E-state index in [1.807, 2.05) is 11.0 Å². The fourth-order valence-corrected chi connectivity index (χ4v) is 2.63. The van der Waals surface area contributed by atoms with E-state index in [0.717, 1.165) is 31.4 Å². The molecule has 0 spiro atoms. The summed E-state index contributed by atoms with van der Waals surface area (Å²) < 4.78 is 14.3. The number of hydrogen-bond acceptors (Lipinski definition) is 3. The molecule has 4 heteroatoms. The van der Waals surface area contributed by atoms with Crippen LogP contribution in [0.4, 0.5) is 10.1 Å². The lowest BCUT2D eigenvalue weighted by Gasteiger charge is -2.29. The van der Waals surface area contributed by atoms with E-state index in [-0.39, 0.29) is 18.5 Å². The molecule has 0 amide bonds. The van der Waals surface area contributed by atoms with Crippen LogP contribution in [0.1, 0.15) is 44.7 Å². The third-order valence-corrected chi connectivity index (χ3v) is 3.80. The number of para-hydroxylation sites is 1. The second-order valence-corrected chi connectivity index (χ2v) is 5.50. The van der Waals surface area contributed by atoms with E-state index < -0.39 is 0 Å². The second kappa shape index (κ2) is 7.04. The number of hydrogen-bond donors (Lipinski definition) is 2. The molecule has 1 fully saturated rings. The topological polar surface area (TPSA) is 35.5 Å². The van der Waals surface area contributed by atoms with Crippen LogP contribution in [0.25, 0.3) is 0 Å². The van der Waals surface area contributed by atoms with E-state index in [4.69, 9.17) is 0 Å². The van der Waals surface area contributed by atoms with Gasteiger partial charge in [0.15, 0.2) is 0 Å². The summed E-state index contributed by atoms with van der Waals surface area (Å²) >= 11 is 0. The van der Waals surface area contributed by atoms with Crippen molar-refractivity contribution in [2.45, 2.75) is 45.2 Å². The number of nitrogens with one attached hydrogen (secondary N) is 1. The number of nitrogens with zero attached hydrogens (tertiary/aromatic N) is 1. The molecule has 3 nitrogen and oxygen atoms in total. The molecule has 0 saturated heterocycles. The second-order valence-electron chi connectivity index (χ2n) is 5.50. The van der Waals surface area contributed by atoms with Crippen LogP contribution in [0.15, 0.2) is 18.2 Å². The molecule has 1 aliphatic rings. The lowest BCUT2D eigenvalue weighted by Crippen LogP contribution is -2.32. The predicted molar refractivity (Wildman–Crippen MR) is 80.6 cm³/mol. The molecular weight excluding hydrogens is 255 g/mol. The average molecular weight is 280 g/mol. The molecule has 20 heavy (non-hydrogen) atoms. The molecule has 1 saturated carbocycles. The normalized spacial score (nSPS) is 16.2. The maximum absolute atomic E-state index is 14.3. The molecule has 1 aromatic rings. The highest BCUT2D eigenvalue weighted by Gasteiger charge is 2.32. The van der Waals surface area contributed by atoms with Crippen molar-refractivity contribution >= 4 is 5.69 Å². The fraction of sp³-hybridized carbons (Fsp3) is 0.625. The van der Waals surface area contributed by atoms with Gasteiger partial charge in [0.05, 0.1) is 12.3 Å². The van der Waals surface area contributed by atoms with Crippen molar-refractivity contribution in [1.82, 2.24) is 5.32 Å². The molecule has 1 atom stereocenters. The molecule has 1 aromatic carbocycles. The molecule has 0 aromatic heterocycles. The molecule has 0 bridgehead atoms. The maximum atomic E-state index is 14.3. The zero-order valence-corrected chi connectivity index (χ0v) is 12.4. The maximum Gasteiger partial charge on any atom is 0.146 e. The van der Waals surface area contributed by atoms with Gasteiger partial charge in [-0.2, -0.15) is 0 Å². The van der Waals surface area contributed by atoms with E-state index >= 15 is 0 Å². The minimum Gasteiger partial charge on any atom is -0.395 e. The van der Waals surface area contributed by atoms with E-state index in [1.165, 1.54) is 6.07 Å². The molecule has 2 rings (SSSR count). The van der Waals surface area contributed by atoms with Gasteiger partial charge in [-0.3, -0.25) is 0 Å². The van der Waals surface area contributed by atoms with Gasteiger partial charge in [0.1, 0.15) is 5.82 Å². The van der Waals surface area contributed by atoms with Crippen molar-refractivity contribution in [3.63, 3.8) is 0 Å². The van der Waals surface area contributed by atoms with Gasteiger partial charge in [-0.1, -0.05) is 19.1 Å². The first-order valence-electron chi connectivity index (χ1n) is 7.58. The van der Waals surface area contributed by atoms with Crippen molar-refractivity contribution < 1.29 is 9.50 Å². The Kier molecular flexibility index (Phi) is 5.38. The summed E-state index contributed by atoms with van der Waals surface area (Å²) in [4.78, 5) is 2.04. The van der Waals surface area contributed by atoms with Crippen LogP contribution in [0.5, 0.6) is 0 Å². The SMILES string of the molecule is CCCNC(C)c1cccc(F)c1N(CCO)C1CC1. The molecular formula is C16H25FN2O. The highest BCUT2D eigenvalue weighted by molar-refractivity contribution is 5.57. The Bertz CT molecular complexity index is 434. The van der Waals surface area contributed by atoms with Crippen LogP contribution < -0.4 is 10.2 Å². The molecule has 1 aliphatic carbocycles. The Balaban J connectivity index is 2.29. The summed E-state index contributed by atoms with van der Waals surface area (Å²) in [6, 6.07) is 5.76. The van der Waals surface area contributed by atoms with Gasteiger partial charge < -0.3 is 15.3 Å². The van der Waals surface area contributed by atoms with Gasteiger partial charge in [-0.15, -0.1) is 0 Å². The van der Waals surface area contributed by atoms with Crippen molar-refractivity contribution in [2.75, 3.05) is 24.6 Å². The van der Waals surface area contributed by atoms with Crippen molar-refractivity contribution in [3.05, 3.63) is 29.6 Å². The van der Waals surface area contributed by atoms with Gasteiger partial charge in [0.2, 0.25) is 0 Å². The summed E-state index contributed by atoms with van der Waals surface area (Å²) in [6.07, 6.45) is 3.23. The lowest BCUT2D eigenvalue weighted by molar-refractivity contribution is 0.300. The largest absolute Gasteiger partial charge is 0.395 e. The molecule has 0 aliphatic heterocycles. The van der Waals surface area contributed by atoms with Gasteiger partial charge in [-0.25, -0.2) is 4.39 Å². The van der Waals surface area contributed by atoms with Crippen molar-refractivity contribution in [3.8, 4) is 0 Å². The first kappa shape index (κ1) is 15.3. The number of aliphatic hydroxyl groups excluding tert-OH is 1. The van der Waals surface area contributed by atoms with Gasteiger partial charge in [0, 0.05) is 18.6 Å². The smallest absolute Gasteiger partial charge is 0.146 e. The van der Waals surface area contributed by atoms with Crippen LogP contribution in [0.2, 0.25) is 0 Å². The summed E-state index contributed by atoms with van der Waals surface area (Å²) in [5.41, 5.74) is 1.65. The molecule has 2 N–H and O–H groups in total. The van der Waals surface area contributed by atoms with E-state index in [1.54, 1.807) is 6.07 Å². The Labute approximate surface area is 120 Å². The van der Waals surface area contributed by atoms with Crippen LogP contribution >= 0.6 is 0 Å². The van der Waals surface area contributed by atoms with Gasteiger partial charge >= 0.3 is 0 Å². The van der Waals surface area contributed by atoms with Crippen LogP contribution in [0.3, 0.4) is 0 Å². The molecule has 112 valence electrons. The standard InChI is InChI=1S/C16H25FN2O/c1-3-9-18-12(2)14-5-4-6-15(17)16(14)19(10-11-20)13-7-8-13/h4-6,12-13,18,20H,3,7-11H2,1-2H3. The van der Waals surface area contributed by atoms with Gasteiger partial charge in [0.25, 0.3) is 0 Å². The number of rotatable bonds is 8. The minimum absolute atomic E-state index is 0.0566. The number of halogens is 1. The zero-order valence-electron chi connectivity index (χ0n) is 12.4. The van der Waals surface area contributed by atoms with Crippen LogP contribution in [0, 0.1) is 5.82 Å². The van der Waals surface area contributed by atoms with E-state index in [9.17, 15) is 9.50 Å². The number of benzene rings is 1. The fourth-order valence-electron chi connectivity index (χ4n) is 2.63. The first-order chi connectivity index (χ1) is 9.69. The Morgan fingerprint density at radius 2 is 2.20 bits per heavy atom. The predicted octanol–water partition coefficient (Wildman–Crippen LogP) is 2.85. The average Bonchev–Trinajstić information content (AvgIpc) is 3.27. The third kappa shape index (κ3) is 3.49. The van der Waals surface area contributed by atoms with Crippen molar-refractivity contribution in [1.29, 1.82) is 0 Å². The quantitative estimate of drug-likeness (QED) is 0.768. The minimum atomic E-state index is -0.187. The monoisotopic (exact) mass is 280 g/mol. The highest BCUT2D eigenvalue weighted by Crippen LogP contribution is 2.37. The Morgan fingerprint density at radius 3 is 2.80 bits per heavy atom. The third-order valence-electron chi connectivity index (χ3n) is 3.80. The number of anilines is 1. The summed E-state index contributed by atoms with van der Waals surface area (Å²) in [5, 5.41) is 12.7. The molecule has 0 heterocycles. The summed E-state index contributed by atoms with van der Waals surface area (Å²) in [5.74, 6) is -0.187. The lowest BCUT2D eigenvalue weighted by atomic mass is 10.0. The number of aliphatic hydroxyl groups is 1. The van der Waals surface area contributed by atoms with E-state index in [0.29, 0.717) is 18.3 Å². The Hall–Kier alpha value is -1.13. The van der Waals surface area contributed by atoms with E-state index in [2.05, 4.69) is 19.2 Å². The highest BCUT2D eigenvalue weighted by atomic mass is 19.1. The van der Waals surface area contributed by atoms with Crippen LogP contribution in [-0.4, -0.2) is 30.8 Å².